The molecule has 17 heavy (non-hydrogen) atoms. The van der Waals surface area contributed by atoms with Crippen LogP contribution in [0.4, 0.5) is 0 Å². The van der Waals surface area contributed by atoms with E-state index in [1.165, 1.54) is 37.9 Å². The molecule has 2 aliphatic heterocycles. The minimum atomic E-state index is 0.445. The summed E-state index contributed by atoms with van der Waals surface area (Å²) in [5.41, 5.74) is 0. The Kier molecular flexibility index (Phi) is 5.19. The van der Waals surface area contributed by atoms with Crippen LogP contribution >= 0.6 is 11.8 Å². The van der Waals surface area contributed by atoms with Crippen molar-refractivity contribution >= 4 is 11.8 Å². The van der Waals surface area contributed by atoms with Gasteiger partial charge in [-0.3, -0.25) is 0 Å². The van der Waals surface area contributed by atoms with Gasteiger partial charge in [-0.05, 0) is 57.2 Å². The van der Waals surface area contributed by atoms with Gasteiger partial charge in [0.1, 0.15) is 0 Å². The van der Waals surface area contributed by atoms with Crippen LogP contribution in [0.2, 0.25) is 0 Å². The maximum Gasteiger partial charge on any atom is 0.0509 e. The van der Waals surface area contributed by atoms with E-state index in [0.29, 0.717) is 10.8 Å². The van der Waals surface area contributed by atoms with E-state index in [-0.39, 0.29) is 0 Å². The first-order valence-corrected chi connectivity index (χ1v) is 8.20. The van der Waals surface area contributed by atoms with Crippen LogP contribution in [0.5, 0.6) is 0 Å². The number of hydrogen-bond donors (Lipinski definition) is 1. The second-order valence-corrected chi connectivity index (χ2v) is 7.30. The van der Waals surface area contributed by atoms with Crippen molar-refractivity contribution in [2.75, 3.05) is 25.5 Å². The van der Waals surface area contributed by atoms with Gasteiger partial charge in [-0.25, -0.2) is 0 Å². The molecule has 0 aliphatic carbocycles. The Hall–Kier alpha value is 0.270. The van der Waals surface area contributed by atoms with E-state index in [2.05, 4.69) is 30.9 Å². The van der Waals surface area contributed by atoms with E-state index < -0.39 is 0 Å². The molecule has 0 amide bonds. The van der Waals surface area contributed by atoms with E-state index >= 15 is 0 Å². The number of thioether (sulfide) groups is 1. The van der Waals surface area contributed by atoms with Crippen LogP contribution in [0.3, 0.4) is 0 Å². The maximum atomic E-state index is 5.70. The summed E-state index contributed by atoms with van der Waals surface area (Å²) >= 11 is 2.18. The molecule has 2 fully saturated rings. The number of nitrogens with one attached hydrogen (secondary N) is 1. The SMILES string of the molecule is CCCNC(C1CCCOC1)C1(C)CCCS1. The zero-order chi connectivity index (χ0) is 12.1. The van der Waals surface area contributed by atoms with Crippen LogP contribution in [0.1, 0.15) is 46.0 Å². The smallest absolute Gasteiger partial charge is 0.0509 e. The molecule has 0 aromatic rings. The van der Waals surface area contributed by atoms with Crippen molar-refractivity contribution in [3.05, 3.63) is 0 Å². The molecule has 3 unspecified atom stereocenters. The van der Waals surface area contributed by atoms with E-state index in [1.807, 2.05) is 0 Å². The van der Waals surface area contributed by atoms with Gasteiger partial charge in [0, 0.05) is 17.4 Å². The van der Waals surface area contributed by atoms with Crippen molar-refractivity contribution in [2.24, 2.45) is 5.92 Å². The molecular weight excluding hydrogens is 230 g/mol. The molecule has 0 saturated carbocycles. The summed E-state index contributed by atoms with van der Waals surface area (Å²) in [5.74, 6) is 2.07. The van der Waals surface area contributed by atoms with E-state index in [4.69, 9.17) is 4.74 Å². The van der Waals surface area contributed by atoms with Gasteiger partial charge >= 0.3 is 0 Å². The highest BCUT2D eigenvalue weighted by Crippen LogP contribution is 2.43. The first-order chi connectivity index (χ1) is 8.26. The lowest BCUT2D eigenvalue weighted by Gasteiger charge is -2.41. The lowest BCUT2D eigenvalue weighted by atomic mass is 9.83. The first-order valence-electron chi connectivity index (χ1n) is 7.21. The molecule has 2 aliphatic rings. The van der Waals surface area contributed by atoms with Crippen LogP contribution in [0, 0.1) is 5.92 Å². The highest BCUT2D eigenvalue weighted by Gasteiger charge is 2.41. The fraction of sp³-hybridized carbons (Fsp3) is 1.00. The Morgan fingerprint density at radius 3 is 2.94 bits per heavy atom. The molecule has 1 N–H and O–H groups in total. The summed E-state index contributed by atoms with van der Waals surface area (Å²) in [6.07, 6.45) is 6.58. The minimum absolute atomic E-state index is 0.445. The molecule has 0 spiro atoms. The third kappa shape index (κ3) is 3.39. The lowest BCUT2D eigenvalue weighted by molar-refractivity contribution is 0.0333. The molecule has 2 heterocycles. The highest BCUT2D eigenvalue weighted by molar-refractivity contribution is 8.00. The quantitative estimate of drug-likeness (QED) is 0.818. The molecule has 2 nitrogen and oxygen atoms in total. The normalized spacial score (nSPS) is 36.0. The van der Waals surface area contributed by atoms with Crippen LogP contribution < -0.4 is 5.32 Å². The van der Waals surface area contributed by atoms with Crippen LogP contribution in [-0.4, -0.2) is 36.3 Å². The largest absolute Gasteiger partial charge is 0.381 e. The zero-order valence-corrected chi connectivity index (χ0v) is 12.2. The Bertz CT molecular complexity index is 222. The van der Waals surface area contributed by atoms with Gasteiger partial charge in [0.2, 0.25) is 0 Å². The molecule has 2 rings (SSSR count). The number of hydrogen-bond acceptors (Lipinski definition) is 3. The van der Waals surface area contributed by atoms with E-state index in [0.717, 1.165) is 25.7 Å². The molecule has 3 heteroatoms. The van der Waals surface area contributed by atoms with Crippen LogP contribution in [0.25, 0.3) is 0 Å². The van der Waals surface area contributed by atoms with Crippen molar-refractivity contribution in [3.63, 3.8) is 0 Å². The number of ether oxygens (including phenoxy) is 1. The average Bonchev–Trinajstić information content (AvgIpc) is 2.79. The van der Waals surface area contributed by atoms with Gasteiger partial charge in [0.25, 0.3) is 0 Å². The third-order valence-corrected chi connectivity index (χ3v) is 5.80. The number of rotatable bonds is 5. The molecule has 0 radical (unpaired) electrons. The zero-order valence-electron chi connectivity index (χ0n) is 11.3. The monoisotopic (exact) mass is 257 g/mol. The van der Waals surface area contributed by atoms with Crippen molar-refractivity contribution in [2.45, 2.75) is 56.7 Å². The Morgan fingerprint density at radius 2 is 2.35 bits per heavy atom. The third-order valence-electron chi connectivity index (χ3n) is 4.19. The average molecular weight is 257 g/mol. The summed E-state index contributed by atoms with van der Waals surface area (Å²) < 4.78 is 6.14. The predicted molar refractivity (Wildman–Crippen MR) is 75.7 cm³/mol. The van der Waals surface area contributed by atoms with Crippen molar-refractivity contribution in [1.82, 2.24) is 5.32 Å². The topological polar surface area (TPSA) is 21.3 Å². The molecule has 0 bridgehead atoms. The summed E-state index contributed by atoms with van der Waals surface area (Å²) in [7, 11) is 0. The van der Waals surface area contributed by atoms with E-state index in [9.17, 15) is 0 Å². The molecule has 2 saturated heterocycles. The van der Waals surface area contributed by atoms with Crippen LogP contribution in [0.15, 0.2) is 0 Å². The molecule has 0 aromatic carbocycles. The molecule has 100 valence electrons. The first kappa shape index (κ1) is 13.7. The van der Waals surface area contributed by atoms with Gasteiger partial charge in [-0.2, -0.15) is 11.8 Å². The highest BCUT2D eigenvalue weighted by atomic mass is 32.2. The Labute approximate surface area is 110 Å². The van der Waals surface area contributed by atoms with Crippen molar-refractivity contribution < 1.29 is 4.74 Å². The second-order valence-electron chi connectivity index (χ2n) is 5.67. The fourth-order valence-electron chi connectivity index (χ4n) is 3.26. The fourth-order valence-corrected chi connectivity index (χ4v) is 4.75. The van der Waals surface area contributed by atoms with Crippen molar-refractivity contribution in [1.29, 1.82) is 0 Å². The summed E-state index contributed by atoms with van der Waals surface area (Å²) in [6.45, 7) is 7.81. The summed E-state index contributed by atoms with van der Waals surface area (Å²) in [4.78, 5) is 0. The van der Waals surface area contributed by atoms with Crippen molar-refractivity contribution in [3.8, 4) is 0 Å². The van der Waals surface area contributed by atoms with Gasteiger partial charge in [0.05, 0.1) is 6.61 Å². The molecular formula is C14H27NOS. The lowest BCUT2D eigenvalue weighted by Crippen LogP contribution is -2.52. The maximum absolute atomic E-state index is 5.70. The van der Waals surface area contributed by atoms with Gasteiger partial charge < -0.3 is 10.1 Å². The standard InChI is InChI=1S/C14H27NOS/c1-3-8-15-13(12-6-4-9-16-11-12)14(2)7-5-10-17-14/h12-13,15H,3-11H2,1-2H3. The minimum Gasteiger partial charge on any atom is -0.381 e. The van der Waals surface area contributed by atoms with Gasteiger partial charge in [-0.15, -0.1) is 0 Å². The molecule has 0 aromatic heterocycles. The molecule has 3 atom stereocenters. The predicted octanol–water partition coefficient (Wildman–Crippen LogP) is 3.07. The van der Waals surface area contributed by atoms with Gasteiger partial charge in [-0.1, -0.05) is 6.92 Å². The second kappa shape index (κ2) is 6.44. The van der Waals surface area contributed by atoms with E-state index in [1.54, 1.807) is 0 Å². The Balaban J connectivity index is 2.00. The summed E-state index contributed by atoms with van der Waals surface area (Å²) in [6, 6.07) is 0.648. The Morgan fingerprint density at radius 1 is 1.47 bits per heavy atom. The van der Waals surface area contributed by atoms with Gasteiger partial charge in [0.15, 0.2) is 0 Å². The summed E-state index contributed by atoms with van der Waals surface area (Å²) in [5, 5.41) is 3.82. The van der Waals surface area contributed by atoms with Crippen LogP contribution in [-0.2, 0) is 4.74 Å².